The fourth-order valence-corrected chi connectivity index (χ4v) is 2.56. The Morgan fingerprint density at radius 2 is 2.00 bits per heavy atom. The van der Waals surface area contributed by atoms with Crippen molar-refractivity contribution in [2.75, 3.05) is 13.6 Å². The van der Waals surface area contributed by atoms with Gasteiger partial charge in [-0.05, 0) is 30.5 Å². The van der Waals surface area contributed by atoms with Gasteiger partial charge in [-0.1, -0.05) is 25.3 Å². The summed E-state index contributed by atoms with van der Waals surface area (Å²) < 4.78 is 0. The van der Waals surface area contributed by atoms with Crippen LogP contribution >= 0.6 is 0 Å². The van der Waals surface area contributed by atoms with Crippen molar-refractivity contribution in [2.45, 2.75) is 12.5 Å². The second-order valence-electron chi connectivity index (χ2n) is 3.71. The summed E-state index contributed by atoms with van der Waals surface area (Å²) in [7, 11) is 2.19. The highest BCUT2D eigenvalue weighted by molar-refractivity contribution is 5.44. The average molecular weight is 161 g/mol. The van der Waals surface area contributed by atoms with E-state index in [1.807, 2.05) is 12.2 Å². The predicted octanol–water partition coefficient (Wildman–Crippen LogP) is 1.99. The van der Waals surface area contributed by atoms with E-state index >= 15 is 0 Å². The Labute approximate surface area is 74.1 Å². The molecule has 1 heterocycles. The number of hydrogen-bond donors (Lipinski definition) is 0. The van der Waals surface area contributed by atoms with Gasteiger partial charge in [0.05, 0.1) is 0 Å². The standard InChI is InChI=1S/C11H15N/c1-4-9-8-6-11(10(9)5-2)12(3)7-8/h4-5,8,11H,1-2,6-7H2,3H3. The lowest BCUT2D eigenvalue weighted by molar-refractivity contribution is 0.333. The van der Waals surface area contributed by atoms with Gasteiger partial charge in [0.15, 0.2) is 0 Å². The smallest absolute Gasteiger partial charge is 0.0354 e. The molecule has 0 amide bonds. The second kappa shape index (κ2) is 2.60. The molecule has 1 saturated heterocycles. The summed E-state index contributed by atoms with van der Waals surface area (Å²) in [4.78, 5) is 2.41. The molecule has 1 aliphatic carbocycles. The largest absolute Gasteiger partial charge is 0.299 e. The van der Waals surface area contributed by atoms with Gasteiger partial charge in [-0.15, -0.1) is 0 Å². The number of fused-ring (bicyclic) bond motifs is 2. The molecule has 0 aromatic rings. The van der Waals surface area contributed by atoms with Crippen LogP contribution in [0.3, 0.4) is 0 Å². The molecule has 0 spiro atoms. The van der Waals surface area contributed by atoms with Gasteiger partial charge in [-0.3, -0.25) is 4.90 Å². The van der Waals surface area contributed by atoms with Gasteiger partial charge >= 0.3 is 0 Å². The van der Waals surface area contributed by atoms with E-state index in [0.717, 1.165) is 5.92 Å². The highest BCUT2D eigenvalue weighted by atomic mass is 15.2. The molecule has 0 saturated carbocycles. The van der Waals surface area contributed by atoms with E-state index < -0.39 is 0 Å². The first kappa shape index (κ1) is 7.81. The SMILES string of the molecule is C=CC1=C(C=C)C2CC1CN2C. The maximum absolute atomic E-state index is 3.86. The second-order valence-corrected chi connectivity index (χ2v) is 3.71. The van der Waals surface area contributed by atoms with Gasteiger partial charge in [0.2, 0.25) is 0 Å². The summed E-state index contributed by atoms with van der Waals surface area (Å²) in [6.45, 7) is 8.92. The molecular weight excluding hydrogens is 146 g/mol. The van der Waals surface area contributed by atoms with E-state index in [2.05, 4.69) is 25.1 Å². The lowest BCUT2D eigenvalue weighted by Gasteiger charge is -2.24. The first-order valence-electron chi connectivity index (χ1n) is 4.47. The van der Waals surface area contributed by atoms with Crippen LogP contribution in [0.4, 0.5) is 0 Å². The third kappa shape index (κ3) is 0.831. The summed E-state index contributed by atoms with van der Waals surface area (Å²) in [5.41, 5.74) is 2.84. The Balaban J connectivity index is 2.41. The highest BCUT2D eigenvalue weighted by Gasteiger charge is 2.39. The third-order valence-electron chi connectivity index (χ3n) is 3.12. The van der Waals surface area contributed by atoms with E-state index in [1.54, 1.807) is 0 Å². The van der Waals surface area contributed by atoms with Crippen LogP contribution in [-0.4, -0.2) is 24.5 Å². The number of likely N-dealkylation sites (tertiary alicyclic amines) is 1. The van der Waals surface area contributed by atoms with Crippen molar-refractivity contribution in [1.29, 1.82) is 0 Å². The molecule has 2 atom stereocenters. The Morgan fingerprint density at radius 3 is 2.58 bits per heavy atom. The Kier molecular flexibility index (Phi) is 1.69. The molecular formula is C11H15N. The minimum absolute atomic E-state index is 0.625. The summed E-state index contributed by atoms with van der Waals surface area (Å²) in [5.74, 6) is 0.727. The van der Waals surface area contributed by atoms with Crippen molar-refractivity contribution in [3.05, 3.63) is 36.5 Å². The molecule has 2 unspecified atom stereocenters. The minimum Gasteiger partial charge on any atom is -0.299 e. The van der Waals surface area contributed by atoms with Crippen LogP contribution in [0.5, 0.6) is 0 Å². The molecule has 2 bridgehead atoms. The van der Waals surface area contributed by atoms with E-state index in [0.29, 0.717) is 6.04 Å². The molecule has 0 radical (unpaired) electrons. The maximum Gasteiger partial charge on any atom is 0.0354 e. The van der Waals surface area contributed by atoms with Gasteiger partial charge in [0.1, 0.15) is 0 Å². The molecule has 2 aliphatic rings. The summed E-state index contributed by atoms with van der Waals surface area (Å²) in [6, 6.07) is 0.625. The minimum atomic E-state index is 0.625. The first-order valence-corrected chi connectivity index (χ1v) is 4.47. The fraction of sp³-hybridized carbons (Fsp3) is 0.455. The zero-order valence-corrected chi connectivity index (χ0v) is 7.59. The monoisotopic (exact) mass is 161 g/mol. The van der Waals surface area contributed by atoms with Gasteiger partial charge in [0, 0.05) is 12.6 Å². The molecule has 1 fully saturated rings. The quantitative estimate of drug-likeness (QED) is 0.598. The van der Waals surface area contributed by atoms with Crippen LogP contribution in [0.15, 0.2) is 36.5 Å². The lowest BCUT2D eigenvalue weighted by atomic mass is 10.00. The van der Waals surface area contributed by atoms with Crippen molar-refractivity contribution >= 4 is 0 Å². The maximum atomic E-state index is 3.86. The normalized spacial score (nSPS) is 34.4. The van der Waals surface area contributed by atoms with Crippen molar-refractivity contribution in [3.63, 3.8) is 0 Å². The van der Waals surface area contributed by atoms with Crippen LogP contribution in [0.25, 0.3) is 0 Å². The fourth-order valence-electron chi connectivity index (χ4n) is 2.56. The third-order valence-corrected chi connectivity index (χ3v) is 3.12. The molecule has 12 heavy (non-hydrogen) atoms. The summed E-state index contributed by atoms with van der Waals surface area (Å²) in [6.07, 6.45) is 5.28. The number of rotatable bonds is 2. The molecule has 0 aromatic heterocycles. The van der Waals surface area contributed by atoms with Crippen molar-refractivity contribution in [1.82, 2.24) is 4.90 Å². The van der Waals surface area contributed by atoms with Gasteiger partial charge in [-0.2, -0.15) is 0 Å². The van der Waals surface area contributed by atoms with Gasteiger partial charge in [0.25, 0.3) is 0 Å². The number of nitrogens with zero attached hydrogens (tertiary/aromatic N) is 1. The zero-order valence-electron chi connectivity index (χ0n) is 7.59. The average Bonchev–Trinajstić information content (AvgIpc) is 2.58. The Morgan fingerprint density at radius 1 is 1.33 bits per heavy atom. The van der Waals surface area contributed by atoms with Crippen molar-refractivity contribution < 1.29 is 0 Å². The molecule has 1 aliphatic heterocycles. The van der Waals surface area contributed by atoms with Crippen LogP contribution in [-0.2, 0) is 0 Å². The topological polar surface area (TPSA) is 3.24 Å². The lowest BCUT2D eigenvalue weighted by Crippen LogP contribution is -2.29. The molecule has 1 heteroatoms. The zero-order chi connectivity index (χ0) is 8.72. The molecule has 0 N–H and O–H groups in total. The van der Waals surface area contributed by atoms with E-state index in [-0.39, 0.29) is 0 Å². The van der Waals surface area contributed by atoms with Crippen molar-refractivity contribution in [2.24, 2.45) is 5.92 Å². The van der Waals surface area contributed by atoms with Crippen molar-refractivity contribution in [3.8, 4) is 0 Å². The van der Waals surface area contributed by atoms with Crippen LogP contribution in [0, 0.1) is 5.92 Å². The molecule has 1 nitrogen and oxygen atoms in total. The molecule has 2 rings (SSSR count). The van der Waals surface area contributed by atoms with Crippen LogP contribution < -0.4 is 0 Å². The van der Waals surface area contributed by atoms with Crippen LogP contribution in [0.2, 0.25) is 0 Å². The summed E-state index contributed by atoms with van der Waals surface area (Å²) in [5, 5.41) is 0. The Hall–Kier alpha value is -0.820. The molecule has 0 aromatic carbocycles. The van der Waals surface area contributed by atoms with E-state index in [9.17, 15) is 0 Å². The number of allylic oxidation sites excluding steroid dienone is 1. The Bertz CT molecular complexity index is 262. The molecule has 64 valence electrons. The van der Waals surface area contributed by atoms with E-state index in [4.69, 9.17) is 0 Å². The van der Waals surface area contributed by atoms with Gasteiger partial charge < -0.3 is 0 Å². The predicted molar refractivity (Wildman–Crippen MR) is 51.9 cm³/mol. The highest BCUT2D eigenvalue weighted by Crippen LogP contribution is 2.42. The number of likely N-dealkylation sites (N-methyl/N-ethyl adjacent to an activating group) is 1. The number of hydrogen-bond acceptors (Lipinski definition) is 1. The summed E-state index contributed by atoms with van der Waals surface area (Å²) >= 11 is 0. The van der Waals surface area contributed by atoms with E-state index in [1.165, 1.54) is 24.1 Å². The first-order chi connectivity index (χ1) is 5.77. The van der Waals surface area contributed by atoms with Crippen LogP contribution in [0.1, 0.15) is 6.42 Å². The van der Waals surface area contributed by atoms with Gasteiger partial charge in [-0.25, -0.2) is 0 Å².